The molecule has 2 aromatic heterocycles. The lowest BCUT2D eigenvalue weighted by Crippen LogP contribution is -2.54. The van der Waals surface area contributed by atoms with Crippen LogP contribution in [-0.2, 0) is 6.42 Å². The number of aliphatic imine (C=N–C) groups is 1. The molecule has 0 radical (unpaired) electrons. The molecule has 0 aromatic carbocycles. The SMILES string of the molecule is CC[C@H]1CN(C2=NCC(C)(C)S2)CCN1c1ncnc2sc(CC(F)(F)F)cc12. The van der Waals surface area contributed by atoms with E-state index in [2.05, 4.69) is 40.5 Å². The van der Waals surface area contributed by atoms with Crippen molar-refractivity contribution in [1.82, 2.24) is 14.9 Å². The Morgan fingerprint density at radius 3 is 2.69 bits per heavy atom. The summed E-state index contributed by atoms with van der Waals surface area (Å²) in [4.78, 5) is 18.9. The molecule has 1 saturated heterocycles. The number of piperazine rings is 1. The second kappa shape index (κ2) is 7.61. The molecule has 10 heteroatoms. The largest absolute Gasteiger partial charge is 0.393 e. The van der Waals surface area contributed by atoms with Gasteiger partial charge in [-0.25, -0.2) is 9.97 Å². The van der Waals surface area contributed by atoms with Gasteiger partial charge in [0.15, 0.2) is 5.17 Å². The molecule has 158 valence electrons. The molecule has 4 heterocycles. The van der Waals surface area contributed by atoms with Crippen LogP contribution in [0.2, 0.25) is 0 Å². The standard InChI is InChI=1S/C19H24F3N5S2/c1-4-12-9-26(17-23-10-18(2,3)29-17)5-6-27(12)15-14-7-13(8-19(20,21)22)28-16(14)25-11-24-15/h7,11-12H,4-6,8-10H2,1-3H3/t12-/m0/s1. The third kappa shape index (κ3) is 4.47. The molecular formula is C19H24F3N5S2. The number of hydrogen-bond donors (Lipinski definition) is 0. The van der Waals surface area contributed by atoms with E-state index in [1.54, 1.807) is 6.07 Å². The predicted molar refractivity (Wildman–Crippen MR) is 114 cm³/mol. The quantitative estimate of drug-likeness (QED) is 0.695. The number of thioether (sulfide) groups is 1. The average Bonchev–Trinajstić information content (AvgIpc) is 3.21. The van der Waals surface area contributed by atoms with Crippen LogP contribution in [0.4, 0.5) is 19.0 Å². The summed E-state index contributed by atoms with van der Waals surface area (Å²) in [6, 6.07) is 1.83. The molecule has 0 aliphatic carbocycles. The molecule has 0 N–H and O–H groups in total. The predicted octanol–water partition coefficient (Wildman–Crippen LogP) is 4.58. The molecule has 4 rings (SSSR count). The lowest BCUT2D eigenvalue weighted by atomic mass is 10.1. The minimum atomic E-state index is -4.22. The Balaban J connectivity index is 1.57. The summed E-state index contributed by atoms with van der Waals surface area (Å²) in [5, 5.41) is 1.82. The molecule has 0 unspecified atom stereocenters. The third-order valence-electron chi connectivity index (χ3n) is 5.19. The van der Waals surface area contributed by atoms with E-state index in [9.17, 15) is 13.2 Å². The Bertz CT molecular complexity index is 924. The van der Waals surface area contributed by atoms with Gasteiger partial charge in [-0.2, -0.15) is 13.2 Å². The molecule has 5 nitrogen and oxygen atoms in total. The lowest BCUT2D eigenvalue weighted by Gasteiger charge is -2.42. The van der Waals surface area contributed by atoms with E-state index in [-0.39, 0.29) is 15.7 Å². The van der Waals surface area contributed by atoms with Gasteiger partial charge >= 0.3 is 6.18 Å². The molecule has 0 bridgehead atoms. The summed E-state index contributed by atoms with van der Waals surface area (Å²) in [5.74, 6) is 0.743. The number of nitrogens with zero attached hydrogens (tertiary/aromatic N) is 5. The van der Waals surface area contributed by atoms with Crippen LogP contribution in [0.1, 0.15) is 32.1 Å². The first-order chi connectivity index (χ1) is 13.6. The lowest BCUT2D eigenvalue weighted by molar-refractivity contribution is -0.126. The van der Waals surface area contributed by atoms with E-state index < -0.39 is 12.6 Å². The van der Waals surface area contributed by atoms with Crippen LogP contribution in [0.3, 0.4) is 0 Å². The zero-order valence-corrected chi connectivity index (χ0v) is 18.3. The van der Waals surface area contributed by atoms with Gasteiger partial charge in [-0.1, -0.05) is 18.7 Å². The van der Waals surface area contributed by atoms with Crippen molar-refractivity contribution in [2.75, 3.05) is 31.1 Å². The van der Waals surface area contributed by atoms with E-state index in [4.69, 9.17) is 4.99 Å². The maximum absolute atomic E-state index is 12.8. The summed E-state index contributed by atoms with van der Waals surface area (Å²) >= 11 is 2.92. The summed E-state index contributed by atoms with van der Waals surface area (Å²) < 4.78 is 38.6. The van der Waals surface area contributed by atoms with E-state index in [1.807, 2.05) is 11.8 Å². The van der Waals surface area contributed by atoms with Crippen molar-refractivity contribution in [1.29, 1.82) is 0 Å². The number of rotatable bonds is 3. The van der Waals surface area contributed by atoms with Crippen LogP contribution < -0.4 is 4.90 Å². The Morgan fingerprint density at radius 2 is 2.03 bits per heavy atom. The van der Waals surface area contributed by atoms with Gasteiger partial charge in [-0.15, -0.1) is 11.3 Å². The zero-order chi connectivity index (χ0) is 20.8. The Morgan fingerprint density at radius 1 is 1.24 bits per heavy atom. The normalized spacial score (nSPS) is 22.4. The van der Waals surface area contributed by atoms with E-state index in [0.29, 0.717) is 4.83 Å². The number of amidine groups is 1. The van der Waals surface area contributed by atoms with Gasteiger partial charge in [-0.3, -0.25) is 4.99 Å². The smallest absolute Gasteiger partial charge is 0.349 e. The fourth-order valence-electron chi connectivity index (χ4n) is 3.80. The van der Waals surface area contributed by atoms with Crippen molar-refractivity contribution in [2.45, 2.75) is 50.6 Å². The maximum atomic E-state index is 12.8. The molecule has 0 saturated carbocycles. The summed E-state index contributed by atoms with van der Waals surface area (Å²) in [6.45, 7) is 9.79. The Hall–Kier alpha value is -1.55. The van der Waals surface area contributed by atoms with Gasteiger partial charge in [0.2, 0.25) is 0 Å². The van der Waals surface area contributed by atoms with Crippen molar-refractivity contribution < 1.29 is 13.2 Å². The highest BCUT2D eigenvalue weighted by Gasteiger charge is 2.35. The molecule has 29 heavy (non-hydrogen) atoms. The topological polar surface area (TPSA) is 44.6 Å². The third-order valence-corrected chi connectivity index (χ3v) is 7.49. The van der Waals surface area contributed by atoms with Crippen LogP contribution in [-0.4, -0.2) is 63.2 Å². The molecule has 2 aliphatic heterocycles. The Labute approximate surface area is 176 Å². The molecule has 2 aromatic rings. The number of fused-ring (bicyclic) bond motifs is 1. The second-order valence-corrected chi connectivity index (χ2v) is 10.9. The van der Waals surface area contributed by atoms with Crippen LogP contribution in [0.5, 0.6) is 0 Å². The average molecular weight is 444 g/mol. The highest BCUT2D eigenvalue weighted by Crippen LogP contribution is 2.37. The van der Waals surface area contributed by atoms with E-state index in [1.165, 1.54) is 6.33 Å². The Kier molecular flexibility index (Phi) is 5.43. The molecule has 0 spiro atoms. The minimum absolute atomic E-state index is 0.137. The maximum Gasteiger partial charge on any atom is 0.393 e. The van der Waals surface area contributed by atoms with Crippen molar-refractivity contribution >= 4 is 44.3 Å². The first-order valence-corrected chi connectivity index (χ1v) is 11.3. The van der Waals surface area contributed by atoms with Crippen molar-refractivity contribution in [2.24, 2.45) is 4.99 Å². The molecule has 1 atom stereocenters. The van der Waals surface area contributed by atoms with Crippen molar-refractivity contribution in [3.8, 4) is 0 Å². The number of anilines is 1. The first kappa shape index (κ1) is 20.7. The summed E-state index contributed by atoms with van der Waals surface area (Å²) in [7, 11) is 0. The molecule has 0 amide bonds. The number of aromatic nitrogens is 2. The fraction of sp³-hybridized carbons (Fsp3) is 0.632. The minimum Gasteiger partial charge on any atom is -0.349 e. The van der Waals surface area contributed by atoms with Gasteiger partial charge in [0, 0.05) is 35.3 Å². The molecule has 1 fully saturated rings. The second-order valence-electron chi connectivity index (χ2n) is 8.08. The number of halogens is 3. The van der Waals surface area contributed by atoms with Crippen LogP contribution in [0, 0.1) is 0 Å². The summed E-state index contributed by atoms with van der Waals surface area (Å²) in [5.41, 5.74) is 0. The highest BCUT2D eigenvalue weighted by atomic mass is 32.2. The molecule has 2 aliphatic rings. The van der Waals surface area contributed by atoms with Gasteiger partial charge < -0.3 is 9.80 Å². The van der Waals surface area contributed by atoms with Crippen LogP contribution in [0.15, 0.2) is 17.4 Å². The number of hydrogen-bond acceptors (Lipinski definition) is 7. The van der Waals surface area contributed by atoms with Crippen molar-refractivity contribution in [3.05, 3.63) is 17.3 Å². The van der Waals surface area contributed by atoms with Gasteiger partial charge in [-0.05, 0) is 26.3 Å². The highest BCUT2D eigenvalue weighted by molar-refractivity contribution is 8.15. The summed E-state index contributed by atoms with van der Waals surface area (Å²) in [6.07, 6.45) is -2.77. The van der Waals surface area contributed by atoms with Gasteiger partial charge in [0.1, 0.15) is 17.0 Å². The number of thiophene rings is 1. The molecular weight excluding hydrogens is 419 g/mol. The van der Waals surface area contributed by atoms with E-state index in [0.717, 1.165) is 60.3 Å². The number of alkyl halides is 3. The fourth-order valence-corrected chi connectivity index (χ4v) is 5.87. The monoisotopic (exact) mass is 443 g/mol. The van der Waals surface area contributed by atoms with Gasteiger partial charge in [0.05, 0.1) is 18.4 Å². The first-order valence-electron chi connectivity index (χ1n) is 9.70. The zero-order valence-electron chi connectivity index (χ0n) is 16.7. The van der Waals surface area contributed by atoms with Gasteiger partial charge in [0.25, 0.3) is 0 Å². The van der Waals surface area contributed by atoms with Crippen LogP contribution >= 0.6 is 23.1 Å². The van der Waals surface area contributed by atoms with Crippen LogP contribution in [0.25, 0.3) is 10.2 Å². The van der Waals surface area contributed by atoms with Crippen molar-refractivity contribution in [3.63, 3.8) is 0 Å². The van der Waals surface area contributed by atoms with E-state index >= 15 is 0 Å².